The second kappa shape index (κ2) is 7.08. The van der Waals surface area contributed by atoms with Gasteiger partial charge in [0.25, 0.3) is 0 Å². The first kappa shape index (κ1) is 16.0. The number of para-hydroxylation sites is 1. The average Bonchev–Trinajstić information content (AvgIpc) is 2.98. The highest BCUT2D eigenvalue weighted by Gasteiger charge is 2.27. The SMILES string of the molecule is O=C(COCC(F)(F)F)NCc1ccccc1-n1ccnc1. The first-order valence-electron chi connectivity index (χ1n) is 6.43. The van der Waals surface area contributed by atoms with Crippen molar-refractivity contribution >= 4 is 5.91 Å². The van der Waals surface area contributed by atoms with E-state index in [9.17, 15) is 18.0 Å². The van der Waals surface area contributed by atoms with Gasteiger partial charge in [-0.15, -0.1) is 0 Å². The number of imidazole rings is 1. The molecule has 1 heterocycles. The molecule has 2 rings (SSSR count). The van der Waals surface area contributed by atoms with E-state index in [2.05, 4.69) is 15.0 Å². The van der Waals surface area contributed by atoms with Crippen LogP contribution in [-0.4, -0.2) is 34.8 Å². The maximum absolute atomic E-state index is 11.9. The van der Waals surface area contributed by atoms with E-state index in [4.69, 9.17) is 0 Å². The molecule has 0 aliphatic heterocycles. The summed E-state index contributed by atoms with van der Waals surface area (Å²) in [7, 11) is 0. The topological polar surface area (TPSA) is 56.1 Å². The molecule has 0 fully saturated rings. The van der Waals surface area contributed by atoms with Crippen LogP contribution >= 0.6 is 0 Å². The van der Waals surface area contributed by atoms with Crippen LogP contribution in [0.2, 0.25) is 0 Å². The molecule has 0 aliphatic rings. The molecule has 1 aromatic heterocycles. The summed E-state index contributed by atoms with van der Waals surface area (Å²) in [6.07, 6.45) is 0.564. The third-order valence-corrected chi connectivity index (χ3v) is 2.75. The number of aromatic nitrogens is 2. The minimum absolute atomic E-state index is 0.183. The molecular weight excluding hydrogens is 299 g/mol. The summed E-state index contributed by atoms with van der Waals surface area (Å²) in [6, 6.07) is 7.31. The van der Waals surface area contributed by atoms with Crippen molar-refractivity contribution in [3.8, 4) is 5.69 Å². The minimum Gasteiger partial charge on any atom is -0.362 e. The predicted octanol–water partition coefficient (Wildman–Crippen LogP) is 2.07. The Bertz CT molecular complexity index is 612. The van der Waals surface area contributed by atoms with Crippen LogP contribution < -0.4 is 5.32 Å². The summed E-state index contributed by atoms with van der Waals surface area (Å²) in [5, 5.41) is 2.52. The third-order valence-electron chi connectivity index (χ3n) is 2.75. The molecule has 0 saturated heterocycles. The van der Waals surface area contributed by atoms with Gasteiger partial charge < -0.3 is 14.6 Å². The highest BCUT2D eigenvalue weighted by molar-refractivity contribution is 5.77. The fourth-order valence-electron chi connectivity index (χ4n) is 1.82. The monoisotopic (exact) mass is 313 g/mol. The molecule has 8 heteroatoms. The Morgan fingerprint density at radius 3 is 2.77 bits per heavy atom. The van der Waals surface area contributed by atoms with Gasteiger partial charge in [0.1, 0.15) is 13.2 Å². The van der Waals surface area contributed by atoms with Gasteiger partial charge >= 0.3 is 6.18 Å². The number of nitrogens with zero attached hydrogens (tertiary/aromatic N) is 2. The maximum Gasteiger partial charge on any atom is 0.411 e. The van der Waals surface area contributed by atoms with Gasteiger partial charge in [0.2, 0.25) is 5.91 Å². The fourth-order valence-corrected chi connectivity index (χ4v) is 1.82. The van der Waals surface area contributed by atoms with Gasteiger partial charge in [-0.25, -0.2) is 4.98 Å². The third kappa shape index (κ3) is 4.88. The standard InChI is InChI=1S/C14H14F3N3O2/c15-14(16,17)9-22-8-13(21)19-7-11-3-1-2-4-12(11)20-6-5-18-10-20/h1-6,10H,7-9H2,(H,19,21). The van der Waals surface area contributed by atoms with E-state index in [0.29, 0.717) is 0 Å². The number of carbonyl (C=O) groups excluding carboxylic acids is 1. The van der Waals surface area contributed by atoms with Gasteiger partial charge in [0, 0.05) is 18.9 Å². The molecule has 0 bridgehead atoms. The Labute approximate surface area is 124 Å². The molecule has 1 amide bonds. The average molecular weight is 313 g/mol. The molecule has 1 aromatic carbocycles. The number of benzene rings is 1. The molecule has 0 spiro atoms. The number of rotatable bonds is 6. The first-order chi connectivity index (χ1) is 10.5. The highest BCUT2D eigenvalue weighted by Crippen LogP contribution is 2.15. The molecule has 2 aromatic rings. The zero-order valence-electron chi connectivity index (χ0n) is 11.5. The lowest BCUT2D eigenvalue weighted by Gasteiger charge is -2.12. The number of hydrogen-bond acceptors (Lipinski definition) is 3. The molecule has 0 radical (unpaired) electrons. The van der Waals surface area contributed by atoms with E-state index in [1.54, 1.807) is 23.3 Å². The van der Waals surface area contributed by atoms with E-state index in [-0.39, 0.29) is 6.54 Å². The Hall–Kier alpha value is -2.35. The van der Waals surface area contributed by atoms with E-state index >= 15 is 0 Å². The summed E-state index contributed by atoms with van der Waals surface area (Å²) in [6.45, 7) is -1.89. The Kier molecular flexibility index (Phi) is 5.16. The predicted molar refractivity (Wildman–Crippen MR) is 72.3 cm³/mol. The van der Waals surface area contributed by atoms with Gasteiger partial charge in [-0.2, -0.15) is 13.2 Å². The van der Waals surface area contributed by atoms with Crippen molar-refractivity contribution in [3.05, 3.63) is 48.5 Å². The van der Waals surface area contributed by atoms with Crippen LogP contribution in [0, 0.1) is 0 Å². The molecule has 1 N–H and O–H groups in total. The number of halogens is 3. The number of alkyl halides is 3. The van der Waals surface area contributed by atoms with Crippen molar-refractivity contribution in [1.82, 2.24) is 14.9 Å². The summed E-state index contributed by atoms with van der Waals surface area (Å²) in [5.41, 5.74) is 1.64. The summed E-state index contributed by atoms with van der Waals surface area (Å²) in [5.74, 6) is -0.607. The summed E-state index contributed by atoms with van der Waals surface area (Å²) < 4.78 is 41.8. The number of amides is 1. The van der Waals surface area contributed by atoms with Crippen molar-refractivity contribution in [2.75, 3.05) is 13.2 Å². The zero-order valence-corrected chi connectivity index (χ0v) is 11.5. The molecule has 0 unspecified atom stereocenters. The largest absolute Gasteiger partial charge is 0.411 e. The number of carbonyl (C=O) groups is 1. The lowest BCUT2D eigenvalue weighted by atomic mass is 10.1. The molecule has 118 valence electrons. The smallest absolute Gasteiger partial charge is 0.362 e. The molecule has 5 nitrogen and oxygen atoms in total. The maximum atomic E-state index is 11.9. The highest BCUT2D eigenvalue weighted by atomic mass is 19.4. The van der Waals surface area contributed by atoms with Crippen LogP contribution in [0.15, 0.2) is 43.0 Å². The van der Waals surface area contributed by atoms with E-state index < -0.39 is 25.3 Å². The Morgan fingerprint density at radius 1 is 1.32 bits per heavy atom. The number of hydrogen-bond donors (Lipinski definition) is 1. The molecule has 0 atom stereocenters. The Balaban J connectivity index is 1.88. The zero-order chi connectivity index (χ0) is 16.0. The normalized spacial score (nSPS) is 11.4. The van der Waals surface area contributed by atoms with Gasteiger partial charge in [-0.3, -0.25) is 4.79 Å². The first-order valence-corrected chi connectivity index (χ1v) is 6.43. The number of nitrogens with one attached hydrogen (secondary N) is 1. The van der Waals surface area contributed by atoms with Crippen LogP contribution in [0.1, 0.15) is 5.56 Å². The van der Waals surface area contributed by atoms with Crippen LogP contribution in [-0.2, 0) is 16.1 Å². The van der Waals surface area contributed by atoms with Crippen molar-refractivity contribution in [1.29, 1.82) is 0 Å². The van der Waals surface area contributed by atoms with Crippen molar-refractivity contribution < 1.29 is 22.7 Å². The second-order valence-corrected chi connectivity index (χ2v) is 4.48. The summed E-state index contributed by atoms with van der Waals surface area (Å²) >= 11 is 0. The van der Waals surface area contributed by atoms with Crippen molar-refractivity contribution in [2.24, 2.45) is 0 Å². The van der Waals surface area contributed by atoms with E-state index in [1.165, 1.54) is 0 Å². The van der Waals surface area contributed by atoms with Crippen LogP contribution in [0.25, 0.3) is 5.69 Å². The van der Waals surface area contributed by atoms with Crippen molar-refractivity contribution in [3.63, 3.8) is 0 Å². The van der Waals surface area contributed by atoms with E-state index in [1.807, 2.05) is 24.3 Å². The molecule has 22 heavy (non-hydrogen) atoms. The molecular formula is C14H14F3N3O2. The Morgan fingerprint density at radius 2 is 2.09 bits per heavy atom. The van der Waals surface area contributed by atoms with Crippen LogP contribution in [0.5, 0.6) is 0 Å². The van der Waals surface area contributed by atoms with Gasteiger partial charge in [0.05, 0.1) is 12.0 Å². The lowest BCUT2D eigenvalue weighted by molar-refractivity contribution is -0.175. The van der Waals surface area contributed by atoms with Gasteiger partial charge in [-0.05, 0) is 11.6 Å². The number of ether oxygens (including phenoxy) is 1. The van der Waals surface area contributed by atoms with E-state index in [0.717, 1.165) is 11.3 Å². The molecule has 0 aliphatic carbocycles. The summed E-state index contributed by atoms with van der Waals surface area (Å²) in [4.78, 5) is 15.4. The quantitative estimate of drug-likeness (QED) is 0.888. The molecule has 0 saturated carbocycles. The van der Waals surface area contributed by atoms with Crippen LogP contribution in [0.4, 0.5) is 13.2 Å². The van der Waals surface area contributed by atoms with Crippen molar-refractivity contribution in [2.45, 2.75) is 12.7 Å². The fraction of sp³-hybridized carbons (Fsp3) is 0.286. The second-order valence-electron chi connectivity index (χ2n) is 4.48. The van der Waals surface area contributed by atoms with Gasteiger partial charge in [0.15, 0.2) is 0 Å². The minimum atomic E-state index is -4.44. The lowest BCUT2D eigenvalue weighted by Crippen LogP contribution is -2.29. The van der Waals surface area contributed by atoms with Crippen LogP contribution in [0.3, 0.4) is 0 Å². The van der Waals surface area contributed by atoms with Gasteiger partial charge in [-0.1, -0.05) is 18.2 Å².